The van der Waals surface area contributed by atoms with Crippen molar-refractivity contribution in [3.8, 4) is 5.75 Å². The van der Waals surface area contributed by atoms with Gasteiger partial charge in [-0.2, -0.15) is 0 Å². The van der Waals surface area contributed by atoms with Crippen molar-refractivity contribution in [2.75, 3.05) is 18.6 Å². The fourth-order valence-electron chi connectivity index (χ4n) is 3.77. The number of unbranched alkanes of at least 4 members (excludes halogenated alkanes) is 2. The average Bonchev–Trinajstić information content (AvgIpc) is 3.02. The molecule has 1 atom stereocenters. The first kappa shape index (κ1) is 19.2. The van der Waals surface area contributed by atoms with E-state index < -0.39 is 5.41 Å². The van der Waals surface area contributed by atoms with Crippen LogP contribution in [-0.4, -0.2) is 19.6 Å². The van der Waals surface area contributed by atoms with Crippen LogP contribution >= 0.6 is 0 Å². The monoisotopic (exact) mass is 363 g/mol. The third-order valence-electron chi connectivity index (χ3n) is 5.36. The molecule has 1 saturated heterocycles. The van der Waals surface area contributed by atoms with Crippen molar-refractivity contribution in [1.82, 2.24) is 0 Å². The molecule has 0 N–H and O–H groups in total. The van der Waals surface area contributed by atoms with Crippen LogP contribution in [0.25, 0.3) is 0 Å². The predicted octanol–water partition coefficient (Wildman–Crippen LogP) is 5.41. The Labute approximate surface area is 162 Å². The standard InChI is InChI=1S/C24H29NO2/c1-3-4-5-9-16-24(19-20-10-7-6-8-11-20)17-18-25(23(24)26)21-12-14-22(27-2)15-13-21/h6-16H,3-5,17-19H2,1-2H3/b16-9+/t24-/m1/s1. The number of amides is 1. The Bertz CT molecular complexity index is 767. The Kier molecular flexibility index (Phi) is 6.33. The fraction of sp³-hybridized carbons (Fsp3) is 0.375. The number of allylic oxidation sites excluding steroid dienone is 1. The minimum Gasteiger partial charge on any atom is -0.497 e. The van der Waals surface area contributed by atoms with E-state index in [1.54, 1.807) is 7.11 Å². The number of carbonyl (C=O) groups is 1. The zero-order chi connectivity index (χ0) is 19.1. The Hall–Kier alpha value is -2.55. The van der Waals surface area contributed by atoms with Gasteiger partial charge in [-0.05, 0) is 49.1 Å². The van der Waals surface area contributed by atoms with E-state index in [4.69, 9.17) is 4.74 Å². The number of hydrogen-bond donors (Lipinski definition) is 0. The molecule has 0 unspecified atom stereocenters. The van der Waals surface area contributed by atoms with Gasteiger partial charge in [0.2, 0.25) is 5.91 Å². The highest BCUT2D eigenvalue weighted by Gasteiger charge is 2.45. The van der Waals surface area contributed by atoms with Crippen molar-refractivity contribution in [2.24, 2.45) is 5.41 Å². The van der Waals surface area contributed by atoms with Gasteiger partial charge in [0.05, 0.1) is 12.5 Å². The van der Waals surface area contributed by atoms with Crippen LogP contribution in [0.1, 0.15) is 38.2 Å². The number of hydrogen-bond acceptors (Lipinski definition) is 2. The van der Waals surface area contributed by atoms with Crippen molar-refractivity contribution >= 4 is 11.6 Å². The molecule has 1 aliphatic rings. The molecule has 0 radical (unpaired) electrons. The third kappa shape index (κ3) is 4.41. The summed E-state index contributed by atoms with van der Waals surface area (Å²) in [5, 5.41) is 0. The molecule has 1 heterocycles. The van der Waals surface area contributed by atoms with E-state index in [0.717, 1.165) is 43.7 Å². The minimum absolute atomic E-state index is 0.198. The molecule has 1 amide bonds. The van der Waals surface area contributed by atoms with Gasteiger partial charge in [0, 0.05) is 12.2 Å². The number of nitrogens with zero attached hydrogens (tertiary/aromatic N) is 1. The summed E-state index contributed by atoms with van der Waals surface area (Å²) >= 11 is 0. The molecular formula is C24H29NO2. The van der Waals surface area contributed by atoms with Gasteiger partial charge >= 0.3 is 0 Å². The van der Waals surface area contributed by atoms with Gasteiger partial charge in [-0.15, -0.1) is 0 Å². The highest BCUT2D eigenvalue weighted by atomic mass is 16.5. The van der Waals surface area contributed by atoms with Crippen LogP contribution in [0.4, 0.5) is 5.69 Å². The Morgan fingerprint density at radius 3 is 2.52 bits per heavy atom. The first-order valence-corrected chi connectivity index (χ1v) is 9.86. The van der Waals surface area contributed by atoms with Crippen LogP contribution in [0.5, 0.6) is 5.75 Å². The lowest BCUT2D eigenvalue weighted by Gasteiger charge is -2.25. The van der Waals surface area contributed by atoms with Gasteiger partial charge in [0.15, 0.2) is 0 Å². The maximum Gasteiger partial charge on any atom is 0.237 e. The van der Waals surface area contributed by atoms with E-state index in [0.29, 0.717) is 0 Å². The number of anilines is 1. The lowest BCUT2D eigenvalue weighted by molar-refractivity contribution is -0.123. The normalized spacial score (nSPS) is 19.8. The highest BCUT2D eigenvalue weighted by molar-refractivity contribution is 6.01. The Morgan fingerprint density at radius 2 is 1.85 bits per heavy atom. The molecular weight excluding hydrogens is 334 g/mol. The summed E-state index contributed by atoms with van der Waals surface area (Å²) < 4.78 is 5.24. The zero-order valence-corrected chi connectivity index (χ0v) is 16.4. The van der Waals surface area contributed by atoms with Gasteiger partial charge in [-0.1, -0.05) is 62.2 Å². The van der Waals surface area contributed by atoms with Gasteiger partial charge in [-0.25, -0.2) is 0 Å². The molecule has 2 aromatic rings. The van der Waals surface area contributed by atoms with Crippen molar-refractivity contribution < 1.29 is 9.53 Å². The van der Waals surface area contributed by atoms with Crippen molar-refractivity contribution in [3.05, 3.63) is 72.3 Å². The smallest absolute Gasteiger partial charge is 0.237 e. The van der Waals surface area contributed by atoms with Crippen molar-refractivity contribution in [1.29, 1.82) is 0 Å². The summed E-state index contributed by atoms with van der Waals surface area (Å²) in [6.45, 7) is 2.94. The topological polar surface area (TPSA) is 29.5 Å². The molecule has 1 fully saturated rings. The second-order valence-electron chi connectivity index (χ2n) is 7.27. The quantitative estimate of drug-likeness (QED) is 0.464. The van der Waals surface area contributed by atoms with E-state index in [2.05, 4.69) is 31.2 Å². The van der Waals surface area contributed by atoms with E-state index in [9.17, 15) is 4.79 Å². The minimum atomic E-state index is -0.449. The Morgan fingerprint density at radius 1 is 1.11 bits per heavy atom. The van der Waals surface area contributed by atoms with Crippen molar-refractivity contribution in [2.45, 2.75) is 39.0 Å². The van der Waals surface area contributed by atoms with Crippen LogP contribution in [0.3, 0.4) is 0 Å². The molecule has 0 saturated carbocycles. The van der Waals surface area contributed by atoms with Gasteiger partial charge in [-0.3, -0.25) is 4.79 Å². The molecule has 3 nitrogen and oxygen atoms in total. The maximum atomic E-state index is 13.5. The SMILES string of the molecule is CCCC/C=C/[C@]1(Cc2ccccc2)CCN(c2ccc(OC)cc2)C1=O. The average molecular weight is 364 g/mol. The summed E-state index contributed by atoms with van der Waals surface area (Å²) in [7, 11) is 1.65. The molecule has 2 aromatic carbocycles. The summed E-state index contributed by atoms with van der Waals surface area (Å²) in [5.41, 5.74) is 1.70. The molecule has 1 aliphatic heterocycles. The summed E-state index contributed by atoms with van der Waals surface area (Å²) in [4.78, 5) is 15.4. The lowest BCUT2D eigenvalue weighted by atomic mass is 9.79. The van der Waals surface area contributed by atoms with Crippen LogP contribution in [-0.2, 0) is 11.2 Å². The fourth-order valence-corrected chi connectivity index (χ4v) is 3.77. The first-order chi connectivity index (χ1) is 13.2. The van der Waals surface area contributed by atoms with Gasteiger partial charge in [0.25, 0.3) is 0 Å². The molecule has 3 heteroatoms. The first-order valence-electron chi connectivity index (χ1n) is 9.86. The van der Waals surface area contributed by atoms with Crippen molar-refractivity contribution in [3.63, 3.8) is 0 Å². The van der Waals surface area contributed by atoms with Crippen LogP contribution in [0, 0.1) is 5.41 Å². The van der Waals surface area contributed by atoms with Crippen LogP contribution < -0.4 is 9.64 Å². The maximum absolute atomic E-state index is 13.5. The number of methoxy groups -OCH3 is 1. The van der Waals surface area contributed by atoms with E-state index in [1.807, 2.05) is 47.4 Å². The summed E-state index contributed by atoms with van der Waals surface area (Å²) in [5.74, 6) is 1.00. The number of carbonyl (C=O) groups excluding carboxylic acids is 1. The second kappa shape index (κ2) is 8.90. The predicted molar refractivity (Wildman–Crippen MR) is 111 cm³/mol. The number of ether oxygens (including phenoxy) is 1. The van der Waals surface area contributed by atoms with Crippen LogP contribution in [0.2, 0.25) is 0 Å². The van der Waals surface area contributed by atoms with E-state index >= 15 is 0 Å². The zero-order valence-electron chi connectivity index (χ0n) is 16.4. The molecule has 142 valence electrons. The molecule has 0 aromatic heterocycles. The lowest BCUT2D eigenvalue weighted by Crippen LogP contribution is -2.35. The Balaban J connectivity index is 1.85. The third-order valence-corrected chi connectivity index (χ3v) is 5.36. The molecule has 27 heavy (non-hydrogen) atoms. The van der Waals surface area contributed by atoms with Crippen LogP contribution in [0.15, 0.2) is 66.7 Å². The largest absolute Gasteiger partial charge is 0.497 e. The number of rotatable bonds is 8. The van der Waals surface area contributed by atoms with E-state index in [1.165, 1.54) is 12.0 Å². The summed E-state index contributed by atoms with van der Waals surface area (Å²) in [6.07, 6.45) is 9.35. The van der Waals surface area contributed by atoms with Gasteiger partial charge < -0.3 is 9.64 Å². The highest BCUT2D eigenvalue weighted by Crippen LogP contribution is 2.39. The molecule has 0 spiro atoms. The summed E-state index contributed by atoms with van der Waals surface area (Å²) in [6, 6.07) is 18.1. The van der Waals surface area contributed by atoms with E-state index in [-0.39, 0.29) is 5.91 Å². The second-order valence-corrected chi connectivity index (χ2v) is 7.27. The van der Waals surface area contributed by atoms with Gasteiger partial charge in [0.1, 0.15) is 5.75 Å². The number of benzene rings is 2. The molecule has 0 aliphatic carbocycles. The molecule has 0 bridgehead atoms. The molecule has 3 rings (SSSR count).